The minimum absolute atomic E-state index is 0.0773. The van der Waals surface area contributed by atoms with E-state index in [1.807, 2.05) is 29.8 Å². The van der Waals surface area contributed by atoms with Crippen LogP contribution in [0, 0.1) is 6.92 Å². The van der Waals surface area contributed by atoms with Crippen molar-refractivity contribution in [1.82, 2.24) is 14.8 Å². The van der Waals surface area contributed by atoms with Crippen molar-refractivity contribution in [3.63, 3.8) is 0 Å². The Labute approximate surface area is 154 Å². The zero-order valence-electron chi connectivity index (χ0n) is 14.8. The van der Waals surface area contributed by atoms with E-state index in [-0.39, 0.29) is 11.8 Å². The molecule has 2 N–H and O–H groups in total. The number of phenolic OH excluding ortho intramolecular Hbond substituents is 1. The third-order valence-electron chi connectivity index (χ3n) is 5.40. The fourth-order valence-corrected chi connectivity index (χ4v) is 3.92. The van der Waals surface area contributed by atoms with Gasteiger partial charge in [-0.25, -0.2) is 0 Å². The van der Waals surface area contributed by atoms with Crippen molar-refractivity contribution >= 4 is 22.0 Å². The average Bonchev–Trinajstić information content (AvgIpc) is 3.31. The van der Waals surface area contributed by atoms with Gasteiger partial charge in [-0.05, 0) is 43.2 Å². The molecule has 3 aromatic heterocycles. The van der Waals surface area contributed by atoms with E-state index in [1.165, 1.54) is 0 Å². The van der Waals surface area contributed by atoms with Gasteiger partial charge in [0.15, 0.2) is 5.65 Å². The van der Waals surface area contributed by atoms with E-state index in [4.69, 9.17) is 9.15 Å². The first-order chi connectivity index (χ1) is 13.1. The highest BCUT2D eigenvalue weighted by atomic mass is 16.5. The van der Waals surface area contributed by atoms with Gasteiger partial charge in [0.05, 0.1) is 30.4 Å². The van der Waals surface area contributed by atoms with E-state index in [0.29, 0.717) is 35.4 Å². The molecule has 0 unspecified atom stereocenters. The van der Waals surface area contributed by atoms with Crippen LogP contribution in [-0.2, 0) is 4.74 Å². The van der Waals surface area contributed by atoms with Gasteiger partial charge in [0.2, 0.25) is 0 Å². The number of aliphatic hydroxyl groups excluding tert-OH is 1. The lowest BCUT2D eigenvalue weighted by molar-refractivity contribution is -0.0375. The predicted octanol–water partition coefficient (Wildman–Crippen LogP) is 3.18. The molecule has 2 atom stereocenters. The van der Waals surface area contributed by atoms with Crippen LogP contribution >= 0.6 is 0 Å². The third-order valence-corrected chi connectivity index (χ3v) is 5.40. The summed E-state index contributed by atoms with van der Waals surface area (Å²) in [6, 6.07) is 7.26. The number of hydrogen-bond donors (Lipinski definition) is 2. The second-order valence-corrected chi connectivity index (χ2v) is 6.93. The van der Waals surface area contributed by atoms with E-state index in [9.17, 15) is 10.2 Å². The maximum atomic E-state index is 10.7. The van der Waals surface area contributed by atoms with Gasteiger partial charge in [-0.3, -0.25) is 0 Å². The molecule has 1 aromatic carbocycles. The first-order valence-electron chi connectivity index (χ1n) is 8.94. The van der Waals surface area contributed by atoms with E-state index in [0.717, 1.165) is 23.0 Å². The number of phenols is 1. The molecular formula is C20H19N3O4. The number of fused-ring (bicyclic) bond motifs is 2. The highest BCUT2D eigenvalue weighted by Gasteiger charge is 2.27. The Morgan fingerprint density at radius 3 is 2.89 bits per heavy atom. The summed E-state index contributed by atoms with van der Waals surface area (Å²) in [7, 11) is 0. The Hall–Kier alpha value is -2.90. The SMILES string of the molecule is Cc1c(-c2ccc3occc3c2O)nnc2c1ccn2[C@@H]1CCOC[C@H]1O. The van der Waals surface area contributed by atoms with E-state index < -0.39 is 6.10 Å². The lowest BCUT2D eigenvalue weighted by atomic mass is 10.0. The monoisotopic (exact) mass is 365 g/mol. The molecular weight excluding hydrogens is 346 g/mol. The largest absolute Gasteiger partial charge is 0.506 e. The first kappa shape index (κ1) is 16.3. The van der Waals surface area contributed by atoms with E-state index >= 15 is 0 Å². The number of furan rings is 1. The molecule has 0 amide bonds. The van der Waals surface area contributed by atoms with E-state index in [1.54, 1.807) is 18.4 Å². The van der Waals surface area contributed by atoms with Crippen LogP contribution in [-0.4, -0.2) is 44.3 Å². The van der Waals surface area contributed by atoms with Gasteiger partial charge in [0.1, 0.15) is 17.0 Å². The fourth-order valence-electron chi connectivity index (χ4n) is 3.92. The molecule has 5 rings (SSSR count). The Morgan fingerprint density at radius 2 is 2.04 bits per heavy atom. The molecule has 0 spiro atoms. The lowest BCUT2D eigenvalue weighted by Crippen LogP contribution is -2.34. The molecule has 0 aliphatic carbocycles. The minimum Gasteiger partial charge on any atom is -0.506 e. The van der Waals surface area contributed by atoms with Crippen LogP contribution in [0.15, 0.2) is 41.1 Å². The first-order valence-corrected chi connectivity index (χ1v) is 8.94. The molecule has 4 heterocycles. The molecule has 1 fully saturated rings. The molecule has 0 radical (unpaired) electrons. The van der Waals surface area contributed by atoms with Crippen molar-refractivity contribution in [3.8, 4) is 17.0 Å². The summed E-state index contributed by atoms with van der Waals surface area (Å²) in [6.07, 6.45) is 3.65. The molecule has 0 saturated carbocycles. The number of benzene rings is 1. The van der Waals surface area contributed by atoms with Crippen LogP contribution in [0.5, 0.6) is 5.75 Å². The second-order valence-electron chi connectivity index (χ2n) is 6.93. The van der Waals surface area contributed by atoms with Crippen LogP contribution in [0.1, 0.15) is 18.0 Å². The highest BCUT2D eigenvalue weighted by Crippen LogP contribution is 2.38. The Kier molecular flexibility index (Phi) is 3.66. The summed E-state index contributed by atoms with van der Waals surface area (Å²) in [6.45, 7) is 2.91. The van der Waals surface area contributed by atoms with Crippen molar-refractivity contribution in [2.75, 3.05) is 13.2 Å². The molecule has 0 bridgehead atoms. The Bertz CT molecular complexity index is 1150. The smallest absolute Gasteiger partial charge is 0.163 e. The summed E-state index contributed by atoms with van der Waals surface area (Å²) < 4.78 is 12.6. The van der Waals surface area contributed by atoms with Crippen molar-refractivity contribution in [2.24, 2.45) is 0 Å². The van der Waals surface area contributed by atoms with Crippen molar-refractivity contribution < 1.29 is 19.4 Å². The number of hydrogen-bond acceptors (Lipinski definition) is 6. The van der Waals surface area contributed by atoms with Crippen LogP contribution in [0.3, 0.4) is 0 Å². The van der Waals surface area contributed by atoms with Gasteiger partial charge >= 0.3 is 0 Å². The number of rotatable bonds is 2. The highest BCUT2D eigenvalue weighted by molar-refractivity contribution is 5.94. The molecule has 7 nitrogen and oxygen atoms in total. The number of aryl methyl sites for hydroxylation is 1. The van der Waals surface area contributed by atoms with Gasteiger partial charge in [-0.1, -0.05) is 0 Å². The number of aliphatic hydroxyl groups is 1. The Morgan fingerprint density at radius 1 is 1.15 bits per heavy atom. The van der Waals surface area contributed by atoms with Crippen LogP contribution in [0.2, 0.25) is 0 Å². The van der Waals surface area contributed by atoms with Gasteiger partial charge < -0.3 is 23.9 Å². The lowest BCUT2D eigenvalue weighted by Gasteiger charge is -2.29. The number of aromatic hydroxyl groups is 1. The third kappa shape index (κ3) is 2.43. The van der Waals surface area contributed by atoms with Gasteiger partial charge in [-0.2, -0.15) is 0 Å². The summed E-state index contributed by atoms with van der Waals surface area (Å²) in [4.78, 5) is 0. The molecule has 1 aliphatic rings. The average molecular weight is 365 g/mol. The quantitative estimate of drug-likeness (QED) is 0.567. The maximum absolute atomic E-state index is 10.7. The molecule has 138 valence electrons. The Balaban J connectivity index is 1.65. The zero-order chi connectivity index (χ0) is 18.5. The topological polar surface area (TPSA) is 93.5 Å². The van der Waals surface area contributed by atoms with Gasteiger partial charge in [0, 0.05) is 23.8 Å². The van der Waals surface area contributed by atoms with Crippen molar-refractivity contribution in [3.05, 3.63) is 42.3 Å². The van der Waals surface area contributed by atoms with Crippen LogP contribution in [0.25, 0.3) is 33.3 Å². The maximum Gasteiger partial charge on any atom is 0.163 e. The van der Waals surface area contributed by atoms with E-state index in [2.05, 4.69) is 10.2 Å². The number of aromatic nitrogens is 3. The summed E-state index contributed by atoms with van der Waals surface area (Å²) in [5.74, 6) is 0.136. The predicted molar refractivity (Wildman–Crippen MR) is 99.6 cm³/mol. The number of nitrogens with zero attached hydrogens (tertiary/aromatic N) is 3. The normalized spacial score (nSPS) is 20.5. The second kappa shape index (κ2) is 6.07. The van der Waals surface area contributed by atoms with Crippen molar-refractivity contribution in [2.45, 2.75) is 25.5 Å². The minimum atomic E-state index is -0.566. The molecule has 7 heteroatoms. The summed E-state index contributed by atoms with van der Waals surface area (Å²) in [5.41, 5.74) is 3.54. The number of ether oxygens (including phenoxy) is 1. The van der Waals surface area contributed by atoms with Crippen LogP contribution < -0.4 is 0 Å². The summed E-state index contributed by atoms with van der Waals surface area (Å²) >= 11 is 0. The fraction of sp³-hybridized carbons (Fsp3) is 0.300. The van der Waals surface area contributed by atoms with Gasteiger partial charge in [0.25, 0.3) is 0 Å². The summed E-state index contributed by atoms with van der Waals surface area (Å²) in [5, 5.41) is 31.4. The van der Waals surface area contributed by atoms with Crippen molar-refractivity contribution in [1.29, 1.82) is 0 Å². The zero-order valence-corrected chi connectivity index (χ0v) is 14.8. The van der Waals surface area contributed by atoms with Crippen LogP contribution in [0.4, 0.5) is 0 Å². The standard InChI is InChI=1S/C20H19N3O4/c1-11-12-4-7-23(15-6-8-26-10-16(15)24)20(12)22-21-18(11)14-2-3-17-13(19(14)25)5-9-27-17/h2-5,7,9,15-16,24-25H,6,8,10H2,1H3/t15-,16-/m1/s1. The molecule has 1 saturated heterocycles. The van der Waals surface area contributed by atoms with Gasteiger partial charge in [-0.15, -0.1) is 10.2 Å². The molecule has 4 aromatic rings. The molecule has 27 heavy (non-hydrogen) atoms. The molecule has 1 aliphatic heterocycles.